The molecule has 5 heteroatoms. The van der Waals surface area contributed by atoms with Crippen molar-refractivity contribution >= 4 is 0 Å². The first-order valence-electron chi connectivity index (χ1n) is 9.54. The molecule has 138 valence electrons. The van der Waals surface area contributed by atoms with Crippen LogP contribution in [0.3, 0.4) is 0 Å². The molecule has 0 N–H and O–H groups in total. The number of rotatable bonds is 6. The minimum atomic E-state index is -0.265. The van der Waals surface area contributed by atoms with Gasteiger partial charge in [-0.1, -0.05) is 30.7 Å². The van der Waals surface area contributed by atoms with Crippen molar-refractivity contribution in [1.82, 2.24) is 9.88 Å². The molecule has 0 radical (unpaired) electrons. The van der Waals surface area contributed by atoms with Crippen LogP contribution in [0.15, 0.2) is 42.5 Å². The van der Waals surface area contributed by atoms with E-state index in [1.807, 2.05) is 30.3 Å². The number of aromatic nitrogens is 1. The zero-order chi connectivity index (χ0) is 17.6. The molecule has 2 aromatic rings. The Labute approximate surface area is 154 Å². The van der Waals surface area contributed by atoms with Gasteiger partial charge >= 0.3 is 0 Å². The molecule has 0 atom stereocenters. The predicted octanol–water partition coefficient (Wildman–Crippen LogP) is 3.66. The van der Waals surface area contributed by atoms with Gasteiger partial charge < -0.3 is 14.2 Å². The summed E-state index contributed by atoms with van der Waals surface area (Å²) in [7, 11) is 0. The molecule has 0 spiro atoms. The minimum Gasteiger partial charge on any atom is -0.476 e. The van der Waals surface area contributed by atoms with Crippen molar-refractivity contribution in [3.63, 3.8) is 0 Å². The molecule has 2 aliphatic heterocycles. The summed E-state index contributed by atoms with van der Waals surface area (Å²) in [5.74, 6) is 0.679. The van der Waals surface area contributed by atoms with Crippen LogP contribution in [0, 0.1) is 0 Å². The van der Waals surface area contributed by atoms with Gasteiger partial charge in [-0.3, -0.25) is 4.90 Å². The second-order valence-corrected chi connectivity index (χ2v) is 6.81. The van der Waals surface area contributed by atoms with E-state index in [1.54, 1.807) is 0 Å². The Bertz CT molecular complexity index is 710. The van der Waals surface area contributed by atoms with Gasteiger partial charge in [-0.2, -0.15) is 0 Å². The molecular weight excluding hydrogens is 328 g/mol. The number of hydrogen-bond donors (Lipinski definition) is 0. The first-order chi connectivity index (χ1) is 12.9. The molecule has 0 saturated carbocycles. The van der Waals surface area contributed by atoms with Crippen LogP contribution in [-0.2, 0) is 9.47 Å². The molecule has 0 aliphatic carbocycles. The van der Waals surface area contributed by atoms with Gasteiger partial charge in [0.1, 0.15) is 6.61 Å². The predicted molar refractivity (Wildman–Crippen MR) is 100 cm³/mol. The lowest BCUT2D eigenvalue weighted by Crippen LogP contribution is -2.33. The van der Waals surface area contributed by atoms with E-state index >= 15 is 0 Å². The van der Waals surface area contributed by atoms with Gasteiger partial charge in [0, 0.05) is 23.7 Å². The maximum Gasteiger partial charge on any atom is 0.213 e. The third-order valence-electron chi connectivity index (χ3n) is 4.91. The fraction of sp³-hybridized carbons (Fsp3) is 0.476. The van der Waals surface area contributed by atoms with Crippen LogP contribution in [-0.4, -0.2) is 49.3 Å². The molecule has 3 heterocycles. The Morgan fingerprint density at radius 3 is 2.65 bits per heavy atom. The Balaban J connectivity index is 1.39. The number of piperidine rings is 1. The van der Waals surface area contributed by atoms with Crippen LogP contribution >= 0.6 is 0 Å². The molecule has 4 rings (SSSR count). The average molecular weight is 354 g/mol. The van der Waals surface area contributed by atoms with Crippen molar-refractivity contribution in [3.05, 3.63) is 48.0 Å². The molecule has 0 bridgehead atoms. The van der Waals surface area contributed by atoms with Crippen LogP contribution in [0.1, 0.15) is 31.1 Å². The smallest absolute Gasteiger partial charge is 0.213 e. The lowest BCUT2D eigenvalue weighted by atomic mass is 10.1. The highest BCUT2D eigenvalue weighted by atomic mass is 16.7. The SMILES string of the molecule is c1cc(-c2cccc(OCCN3CCCCC3)n2)cc(C2OCCO2)c1. The lowest BCUT2D eigenvalue weighted by Gasteiger charge is -2.26. The quantitative estimate of drug-likeness (QED) is 0.792. The molecule has 2 aliphatic rings. The molecule has 5 nitrogen and oxygen atoms in total. The van der Waals surface area contributed by atoms with Gasteiger partial charge in [0.15, 0.2) is 6.29 Å². The highest BCUT2D eigenvalue weighted by Gasteiger charge is 2.18. The number of nitrogens with zero attached hydrogens (tertiary/aromatic N) is 2. The summed E-state index contributed by atoms with van der Waals surface area (Å²) in [6.45, 7) is 5.32. The van der Waals surface area contributed by atoms with Gasteiger partial charge in [-0.15, -0.1) is 0 Å². The molecule has 0 unspecified atom stereocenters. The van der Waals surface area contributed by atoms with Crippen LogP contribution < -0.4 is 4.74 Å². The number of likely N-dealkylation sites (tertiary alicyclic amines) is 1. The topological polar surface area (TPSA) is 43.8 Å². The average Bonchev–Trinajstić information content (AvgIpc) is 3.24. The zero-order valence-electron chi connectivity index (χ0n) is 15.1. The van der Waals surface area contributed by atoms with Crippen LogP contribution in [0.4, 0.5) is 0 Å². The monoisotopic (exact) mass is 354 g/mol. The van der Waals surface area contributed by atoms with E-state index in [0.717, 1.165) is 23.4 Å². The zero-order valence-corrected chi connectivity index (χ0v) is 15.1. The third kappa shape index (κ3) is 4.41. The number of pyridine rings is 1. The van der Waals surface area contributed by atoms with Gasteiger partial charge in [0.05, 0.1) is 18.9 Å². The van der Waals surface area contributed by atoms with Crippen molar-refractivity contribution < 1.29 is 14.2 Å². The van der Waals surface area contributed by atoms with Crippen molar-refractivity contribution in [2.75, 3.05) is 39.5 Å². The van der Waals surface area contributed by atoms with Crippen LogP contribution in [0.5, 0.6) is 5.88 Å². The Kier molecular flexibility index (Phi) is 5.79. The normalized spacial score (nSPS) is 18.9. The van der Waals surface area contributed by atoms with Crippen LogP contribution in [0.2, 0.25) is 0 Å². The van der Waals surface area contributed by atoms with E-state index in [4.69, 9.17) is 14.2 Å². The molecule has 0 amide bonds. The summed E-state index contributed by atoms with van der Waals surface area (Å²) >= 11 is 0. The van der Waals surface area contributed by atoms with E-state index in [0.29, 0.717) is 25.7 Å². The second-order valence-electron chi connectivity index (χ2n) is 6.81. The molecule has 1 aromatic carbocycles. The molecular formula is C21H26N2O3. The van der Waals surface area contributed by atoms with E-state index in [-0.39, 0.29) is 6.29 Å². The van der Waals surface area contributed by atoms with E-state index in [2.05, 4.69) is 22.0 Å². The first-order valence-corrected chi connectivity index (χ1v) is 9.54. The summed E-state index contributed by atoms with van der Waals surface area (Å²) in [5, 5.41) is 0. The first kappa shape index (κ1) is 17.5. The maximum atomic E-state index is 5.90. The molecule has 26 heavy (non-hydrogen) atoms. The van der Waals surface area contributed by atoms with Gasteiger partial charge in [-0.05, 0) is 38.1 Å². The Morgan fingerprint density at radius 1 is 1.00 bits per heavy atom. The maximum absolute atomic E-state index is 5.90. The standard InChI is InChI=1S/C21H26N2O3/c1-2-10-23(11-3-1)12-13-24-20-9-5-8-19(22-20)17-6-4-7-18(16-17)21-25-14-15-26-21/h4-9,16,21H,1-3,10-15H2. The van der Waals surface area contributed by atoms with Crippen molar-refractivity contribution in [3.8, 4) is 17.1 Å². The molecule has 2 saturated heterocycles. The van der Waals surface area contributed by atoms with E-state index in [1.165, 1.54) is 32.4 Å². The van der Waals surface area contributed by atoms with E-state index in [9.17, 15) is 0 Å². The molecule has 1 aromatic heterocycles. The molecule has 2 fully saturated rings. The summed E-state index contributed by atoms with van der Waals surface area (Å²) in [6.07, 6.45) is 3.70. The summed E-state index contributed by atoms with van der Waals surface area (Å²) in [6, 6.07) is 14.1. The summed E-state index contributed by atoms with van der Waals surface area (Å²) < 4.78 is 17.1. The van der Waals surface area contributed by atoms with Crippen LogP contribution in [0.25, 0.3) is 11.3 Å². The minimum absolute atomic E-state index is 0.265. The fourth-order valence-corrected chi connectivity index (χ4v) is 3.51. The van der Waals surface area contributed by atoms with E-state index < -0.39 is 0 Å². The van der Waals surface area contributed by atoms with Gasteiger partial charge in [0.2, 0.25) is 5.88 Å². The van der Waals surface area contributed by atoms with Gasteiger partial charge in [-0.25, -0.2) is 4.98 Å². The number of benzene rings is 1. The highest BCUT2D eigenvalue weighted by Crippen LogP contribution is 2.27. The summed E-state index contributed by atoms with van der Waals surface area (Å²) in [4.78, 5) is 7.14. The Morgan fingerprint density at radius 2 is 1.81 bits per heavy atom. The highest BCUT2D eigenvalue weighted by molar-refractivity contribution is 5.60. The number of ether oxygens (including phenoxy) is 3. The summed E-state index contributed by atoms with van der Waals surface area (Å²) in [5.41, 5.74) is 2.97. The lowest BCUT2D eigenvalue weighted by molar-refractivity contribution is -0.0440. The van der Waals surface area contributed by atoms with Crippen molar-refractivity contribution in [2.24, 2.45) is 0 Å². The van der Waals surface area contributed by atoms with Crippen molar-refractivity contribution in [1.29, 1.82) is 0 Å². The second kappa shape index (κ2) is 8.62. The number of hydrogen-bond acceptors (Lipinski definition) is 5. The fourth-order valence-electron chi connectivity index (χ4n) is 3.51. The Hall–Kier alpha value is -1.95. The van der Waals surface area contributed by atoms with Crippen molar-refractivity contribution in [2.45, 2.75) is 25.6 Å². The largest absolute Gasteiger partial charge is 0.476 e. The van der Waals surface area contributed by atoms with Gasteiger partial charge in [0.25, 0.3) is 0 Å². The third-order valence-corrected chi connectivity index (χ3v) is 4.91.